The molecule has 1 amide bonds. The normalized spacial score (nSPS) is 17.0. The number of rotatable bonds is 5. The van der Waals surface area contributed by atoms with Crippen molar-refractivity contribution in [3.63, 3.8) is 0 Å². The number of ether oxygens (including phenoxy) is 1. The van der Waals surface area contributed by atoms with Gasteiger partial charge in [-0.15, -0.1) is 0 Å². The van der Waals surface area contributed by atoms with Crippen LogP contribution >= 0.6 is 0 Å². The Kier molecular flexibility index (Phi) is 5.37. The summed E-state index contributed by atoms with van der Waals surface area (Å²) in [5.41, 5.74) is 0.323. The van der Waals surface area contributed by atoms with E-state index < -0.39 is 5.54 Å². The monoisotopic (exact) mass is 289 g/mol. The van der Waals surface area contributed by atoms with Crippen molar-refractivity contribution < 1.29 is 14.3 Å². The van der Waals surface area contributed by atoms with Gasteiger partial charge in [0.1, 0.15) is 5.54 Å². The highest BCUT2D eigenvalue weighted by Gasteiger charge is 2.41. The number of methoxy groups -OCH3 is 1. The third-order valence-corrected chi connectivity index (χ3v) is 4.15. The summed E-state index contributed by atoms with van der Waals surface area (Å²) < 4.78 is 4.90. The van der Waals surface area contributed by atoms with Crippen molar-refractivity contribution in [2.24, 2.45) is 0 Å². The van der Waals surface area contributed by atoms with E-state index >= 15 is 0 Å². The Bertz CT molecular complexity index is 478. The minimum Gasteiger partial charge on any atom is -0.467 e. The molecule has 0 saturated heterocycles. The molecule has 1 aromatic carbocycles. The van der Waals surface area contributed by atoms with Gasteiger partial charge in [-0.3, -0.25) is 4.79 Å². The summed E-state index contributed by atoms with van der Waals surface area (Å²) in [5, 5.41) is 2.94. The largest absolute Gasteiger partial charge is 0.467 e. The molecule has 1 fully saturated rings. The predicted molar refractivity (Wildman–Crippen MR) is 80.7 cm³/mol. The zero-order valence-electron chi connectivity index (χ0n) is 12.6. The molecular weight excluding hydrogens is 266 g/mol. The summed E-state index contributed by atoms with van der Waals surface area (Å²) in [5.74, 6) is -0.388. The molecule has 0 atom stereocenters. The van der Waals surface area contributed by atoms with E-state index in [9.17, 15) is 9.59 Å². The van der Waals surface area contributed by atoms with Crippen molar-refractivity contribution in [1.29, 1.82) is 0 Å². The molecule has 0 aromatic heterocycles. The highest BCUT2D eigenvalue weighted by Crippen LogP contribution is 2.29. The summed E-state index contributed by atoms with van der Waals surface area (Å²) in [4.78, 5) is 24.3. The van der Waals surface area contributed by atoms with Crippen LogP contribution in [0.2, 0.25) is 0 Å². The topological polar surface area (TPSA) is 55.4 Å². The Balaban J connectivity index is 1.93. The molecule has 4 heteroatoms. The fourth-order valence-electron chi connectivity index (χ4n) is 2.96. The zero-order valence-corrected chi connectivity index (χ0v) is 12.6. The molecule has 21 heavy (non-hydrogen) atoms. The van der Waals surface area contributed by atoms with E-state index in [1.807, 2.05) is 30.3 Å². The number of carbonyl (C=O) groups is 2. The first-order valence-electron chi connectivity index (χ1n) is 7.60. The van der Waals surface area contributed by atoms with Crippen LogP contribution < -0.4 is 5.32 Å². The summed E-state index contributed by atoms with van der Waals surface area (Å²) >= 11 is 0. The second kappa shape index (κ2) is 7.25. The van der Waals surface area contributed by atoms with Crippen molar-refractivity contribution in [2.75, 3.05) is 7.11 Å². The molecule has 114 valence electrons. The van der Waals surface area contributed by atoms with Crippen LogP contribution in [0, 0.1) is 0 Å². The van der Waals surface area contributed by atoms with Crippen molar-refractivity contribution in [1.82, 2.24) is 5.32 Å². The van der Waals surface area contributed by atoms with Gasteiger partial charge in [0.05, 0.1) is 7.11 Å². The van der Waals surface area contributed by atoms with Gasteiger partial charge in [0.25, 0.3) is 0 Å². The number of hydrogen-bond acceptors (Lipinski definition) is 3. The number of amides is 1. The van der Waals surface area contributed by atoms with Gasteiger partial charge in [0, 0.05) is 6.42 Å². The fourth-order valence-corrected chi connectivity index (χ4v) is 2.96. The van der Waals surface area contributed by atoms with Crippen LogP contribution in [0.15, 0.2) is 30.3 Å². The number of hydrogen-bond donors (Lipinski definition) is 1. The molecule has 1 saturated carbocycles. The standard InChI is InChI=1S/C17H23NO3/c1-21-16(20)17(12-6-3-7-13-17)18-15(19)11-10-14-8-4-2-5-9-14/h2,4-5,8-9H,3,6-7,10-13H2,1H3,(H,18,19). The number of esters is 1. The van der Waals surface area contributed by atoms with Crippen LogP contribution in [-0.2, 0) is 20.7 Å². The smallest absolute Gasteiger partial charge is 0.331 e. The molecule has 0 bridgehead atoms. The molecule has 1 N–H and O–H groups in total. The van der Waals surface area contributed by atoms with Gasteiger partial charge in [0.15, 0.2) is 0 Å². The minimum atomic E-state index is -0.805. The first-order chi connectivity index (χ1) is 10.2. The van der Waals surface area contributed by atoms with Gasteiger partial charge in [-0.2, -0.15) is 0 Å². The van der Waals surface area contributed by atoms with Gasteiger partial charge in [-0.1, -0.05) is 49.6 Å². The predicted octanol–water partition coefficient (Wildman–Crippen LogP) is 2.61. The third kappa shape index (κ3) is 4.06. The van der Waals surface area contributed by atoms with Crippen LogP contribution in [0.3, 0.4) is 0 Å². The lowest BCUT2D eigenvalue weighted by molar-refractivity contribution is -0.152. The molecule has 0 spiro atoms. The Morgan fingerprint density at radius 1 is 1.14 bits per heavy atom. The van der Waals surface area contributed by atoms with E-state index in [2.05, 4.69) is 5.32 Å². The number of aryl methyl sites for hydroxylation is 1. The molecule has 1 aliphatic carbocycles. The van der Waals surface area contributed by atoms with E-state index in [1.54, 1.807) is 0 Å². The minimum absolute atomic E-state index is 0.0776. The maximum absolute atomic E-state index is 12.2. The Hall–Kier alpha value is -1.84. The van der Waals surface area contributed by atoms with Crippen LogP contribution in [-0.4, -0.2) is 24.5 Å². The van der Waals surface area contributed by atoms with Crippen LogP contribution in [0.25, 0.3) is 0 Å². The summed E-state index contributed by atoms with van der Waals surface area (Å²) in [6.45, 7) is 0. The first kappa shape index (κ1) is 15.5. The van der Waals surface area contributed by atoms with Crippen molar-refractivity contribution >= 4 is 11.9 Å². The van der Waals surface area contributed by atoms with E-state index in [4.69, 9.17) is 4.74 Å². The van der Waals surface area contributed by atoms with E-state index in [0.29, 0.717) is 25.7 Å². The Morgan fingerprint density at radius 3 is 2.43 bits per heavy atom. The molecule has 2 rings (SSSR count). The molecule has 0 unspecified atom stereocenters. The molecule has 0 aliphatic heterocycles. The number of carbonyl (C=O) groups excluding carboxylic acids is 2. The van der Waals surface area contributed by atoms with Crippen molar-refractivity contribution in [3.05, 3.63) is 35.9 Å². The lowest BCUT2D eigenvalue weighted by Gasteiger charge is -2.35. The van der Waals surface area contributed by atoms with E-state index in [-0.39, 0.29) is 11.9 Å². The summed E-state index contributed by atoms with van der Waals surface area (Å²) in [7, 11) is 1.38. The van der Waals surface area contributed by atoms with Crippen LogP contribution in [0.1, 0.15) is 44.1 Å². The molecule has 0 radical (unpaired) electrons. The van der Waals surface area contributed by atoms with Crippen molar-refractivity contribution in [2.45, 2.75) is 50.5 Å². The van der Waals surface area contributed by atoms with E-state index in [0.717, 1.165) is 24.8 Å². The maximum Gasteiger partial charge on any atom is 0.331 e. The lowest BCUT2D eigenvalue weighted by Crippen LogP contribution is -2.56. The van der Waals surface area contributed by atoms with Crippen molar-refractivity contribution in [3.8, 4) is 0 Å². The van der Waals surface area contributed by atoms with Crippen LogP contribution in [0.4, 0.5) is 0 Å². The van der Waals surface area contributed by atoms with Gasteiger partial charge in [-0.25, -0.2) is 4.79 Å². The highest BCUT2D eigenvalue weighted by atomic mass is 16.5. The van der Waals surface area contributed by atoms with E-state index in [1.165, 1.54) is 7.11 Å². The van der Waals surface area contributed by atoms with Crippen LogP contribution in [0.5, 0.6) is 0 Å². The SMILES string of the molecule is COC(=O)C1(NC(=O)CCc2ccccc2)CCCCC1. The zero-order chi connectivity index (χ0) is 15.1. The Morgan fingerprint density at radius 2 is 1.81 bits per heavy atom. The quantitative estimate of drug-likeness (QED) is 0.848. The second-order valence-corrected chi connectivity index (χ2v) is 5.67. The molecule has 0 heterocycles. The average Bonchev–Trinajstić information content (AvgIpc) is 2.54. The maximum atomic E-state index is 12.2. The molecule has 4 nitrogen and oxygen atoms in total. The lowest BCUT2D eigenvalue weighted by atomic mass is 9.81. The summed E-state index contributed by atoms with van der Waals surface area (Å²) in [6, 6.07) is 9.89. The Labute approximate surface area is 125 Å². The molecular formula is C17H23NO3. The first-order valence-corrected chi connectivity index (χ1v) is 7.60. The number of benzene rings is 1. The van der Waals surface area contributed by atoms with Gasteiger partial charge in [0.2, 0.25) is 5.91 Å². The summed E-state index contributed by atoms with van der Waals surface area (Å²) in [6.07, 6.45) is 5.45. The molecule has 1 aliphatic rings. The van der Waals surface area contributed by atoms with Gasteiger partial charge in [-0.05, 0) is 24.8 Å². The second-order valence-electron chi connectivity index (χ2n) is 5.67. The average molecular weight is 289 g/mol. The van der Waals surface area contributed by atoms with Gasteiger partial charge >= 0.3 is 5.97 Å². The number of nitrogens with one attached hydrogen (secondary N) is 1. The van der Waals surface area contributed by atoms with Gasteiger partial charge < -0.3 is 10.1 Å². The highest BCUT2D eigenvalue weighted by molar-refractivity contribution is 5.88. The molecule has 1 aromatic rings. The fraction of sp³-hybridized carbons (Fsp3) is 0.529. The third-order valence-electron chi connectivity index (χ3n) is 4.15.